The van der Waals surface area contributed by atoms with E-state index in [9.17, 15) is 28.1 Å². The fourth-order valence-corrected chi connectivity index (χ4v) is 3.77. The number of carbonyl (C=O) groups excluding carboxylic acids is 1. The number of anilines is 2. The lowest BCUT2D eigenvalue weighted by molar-refractivity contribution is -0.384. The van der Waals surface area contributed by atoms with Crippen molar-refractivity contribution in [2.24, 2.45) is 5.92 Å². The van der Waals surface area contributed by atoms with Gasteiger partial charge in [0.25, 0.3) is 5.69 Å². The predicted molar refractivity (Wildman–Crippen MR) is 108 cm³/mol. The summed E-state index contributed by atoms with van der Waals surface area (Å²) in [6.45, 7) is 3.13. The third kappa shape index (κ3) is 4.55. The molecule has 0 saturated carbocycles. The number of alkyl halides is 3. The Bertz CT molecular complexity index is 911. The van der Waals surface area contributed by atoms with Crippen molar-refractivity contribution in [3.05, 3.63) is 64.2 Å². The van der Waals surface area contributed by atoms with E-state index in [2.05, 4.69) is 0 Å². The molecule has 1 heterocycles. The molecule has 0 aliphatic carbocycles. The second-order valence-corrected chi connectivity index (χ2v) is 7.14. The number of hydrogen-bond acceptors (Lipinski definition) is 4. The van der Waals surface area contributed by atoms with Gasteiger partial charge >= 0.3 is 6.18 Å². The van der Waals surface area contributed by atoms with E-state index < -0.39 is 22.4 Å². The molecule has 1 aliphatic heterocycles. The first-order chi connectivity index (χ1) is 14.2. The van der Waals surface area contributed by atoms with Crippen LogP contribution < -0.4 is 9.80 Å². The number of carbonyl (C=O) groups is 1. The van der Waals surface area contributed by atoms with Crippen molar-refractivity contribution < 1.29 is 22.9 Å². The smallest absolute Gasteiger partial charge is 0.366 e. The molecule has 0 N–H and O–H groups in total. The Hall–Kier alpha value is -3.10. The molecule has 2 aromatic rings. The van der Waals surface area contributed by atoms with Gasteiger partial charge in [0, 0.05) is 37.3 Å². The van der Waals surface area contributed by atoms with Crippen LogP contribution in [0.5, 0.6) is 0 Å². The molecule has 0 radical (unpaired) electrons. The summed E-state index contributed by atoms with van der Waals surface area (Å²) in [5.41, 5.74) is -0.668. The van der Waals surface area contributed by atoms with Crippen LogP contribution in [-0.4, -0.2) is 30.5 Å². The SMILES string of the molecule is CCN(C(=O)C1CCN(c2ccc(C(F)(F)F)cc2[N+](=O)[O-])CC1)c1ccccc1. The summed E-state index contributed by atoms with van der Waals surface area (Å²) < 4.78 is 38.7. The first kappa shape index (κ1) is 21.6. The average molecular weight is 421 g/mol. The van der Waals surface area contributed by atoms with E-state index in [1.54, 1.807) is 9.80 Å². The van der Waals surface area contributed by atoms with Gasteiger partial charge in [0.1, 0.15) is 5.69 Å². The number of nitrogens with zero attached hydrogens (tertiary/aromatic N) is 3. The van der Waals surface area contributed by atoms with Crippen LogP contribution in [0.4, 0.5) is 30.2 Å². The Kier molecular flexibility index (Phi) is 6.28. The average Bonchev–Trinajstić information content (AvgIpc) is 2.74. The second kappa shape index (κ2) is 8.73. The zero-order valence-electron chi connectivity index (χ0n) is 16.4. The zero-order valence-corrected chi connectivity index (χ0v) is 16.4. The van der Waals surface area contributed by atoms with E-state index in [-0.39, 0.29) is 17.5 Å². The lowest BCUT2D eigenvalue weighted by Gasteiger charge is -2.35. The van der Waals surface area contributed by atoms with Crippen molar-refractivity contribution >= 4 is 23.0 Å². The molecule has 160 valence electrons. The van der Waals surface area contributed by atoms with Gasteiger partial charge in [-0.1, -0.05) is 18.2 Å². The van der Waals surface area contributed by atoms with Gasteiger partial charge in [-0.05, 0) is 44.0 Å². The number of nitro benzene ring substituents is 1. The largest absolute Gasteiger partial charge is 0.416 e. The normalized spacial score (nSPS) is 15.1. The van der Waals surface area contributed by atoms with Crippen molar-refractivity contribution in [1.29, 1.82) is 0 Å². The highest BCUT2D eigenvalue weighted by Gasteiger charge is 2.35. The van der Waals surface area contributed by atoms with Crippen molar-refractivity contribution in [2.75, 3.05) is 29.4 Å². The van der Waals surface area contributed by atoms with Gasteiger partial charge in [0.2, 0.25) is 5.91 Å². The van der Waals surface area contributed by atoms with Crippen LogP contribution in [0.25, 0.3) is 0 Å². The Morgan fingerprint density at radius 3 is 2.33 bits per heavy atom. The minimum atomic E-state index is -4.65. The minimum Gasteiger partial charge on any atom is -0.366 e. The zero-order chi connectivity index (χ0) is 21.9. The summed E-state index contributed by atoms with van der Waals surface area (Å²) in [7, 11) is 0. The number of hydrogen-bond donors (Lipinski definition) is 0. The molecule has 0 atom stereocenters. The predicted octanol–water partition coefficient (Wildman–Crippen LogP) is 4.88. The molecular weight excluding hydrogens is 399 g/mol. The van der Waals surface area contributed by atoms with E-state index in [1.165, 1.54) is 0 Å². The number of benzene rings is 2. The molecule has 1 aliphatic rings. The third-order valence-electron chi connectivity index (χ3n) is 5.33. The Balaban J connectivity index is 1.74. The molecule has 1 fully saturated rings. The molecule has 0 spiro atoms. The fourth-order valence-electron chi connectivity index (χ4n) is 3.77. The summed E-state index contributed by atoms with van der Waals surface area (Å²) in [6.07, 6.45) is -3.70. The summed E-state index contributed by atoms with van der Waals surface area (Å²) in [5.74, 6) is -0.250. The second-order valence-electron chi connectivity index (χ2n) is 7.14. The molecule has 2 aromatic carbocycles. The standard InChI is InChI=1S/C21H22F3N3O3/c1-2-26(17-6-4-3-5-7-17)20(28)15-10-12-25(13-11-15)18-9-8-16(21(22,23)24)14-19(18)27(29)30/h3-9,14-15H,2,10-13H2,1H3. The summed E-state index contributed by atoms with van der Waals surface area (Å²) in [5, 5.41) is 11.4. The molecular formula is C21H22F3N3O3. The number of piperidine rings is 1. The Morgan fingerprint density at radius 1 is 1.17 bits per heavy atom. The Morgan fingerprint density at radius 2 is 1.80 bits per heavy atom. The van der Waals surface area contributed by atoms with Crippen molar-refractivity contribution in [1.82, 2.24) is 0 Å². The highest BCUT2D eigenvalue weighted by Crippen LogP contribution is 2.38. The van der Waals surface area contributed by atoms with Crippen molar-refractivity contribution in [2.45, 2.75) is 25.9 Å². The van der Waals surface area contributed by atoms with Gasteiger partial charge in [-0.2, -0.15) is 13.2 Å². The van der Waals surface area contributed by atoms with Gasteiger partial charge in [-0.15, -0.1) is 0 Å². The van der Waals surface area contributed by atoms with Crippen LogP contribution in [0, 0.1) is 16.0 Å². The maximum Gasteiger partial charge on any atom is 0.416 e. The topological polar surface area (TPSA) is 66.7 Å². The molecule has 30 heavy (non-hydrogen) atoms. The van der Waals surface area contributed by atoms with Crippen LogP contribution >= 0.6 is 0 Å². The number of nitro groups is 1. The highest BCUT2D eigenvalue weighted by molar-refractivity contribution is 5.95. The lowest BCUT2D eigenvalue weighted by atomic mass is 9.94. The van der Waals surface area contributed by atoms with E-state index >= 15 is 0 Å². The molecule has 1 saturated heterocycles. The highest BCUT2D eigenvalue weighted by atomic mass is 19.4. The van der Waals surface area contributed by atoms with Crippen molar-refractivity contribution in [3.8, 4) is 0 Å². The summed E-state index contributed by atoms with van der Waals surface area (Å²) in [4.78, 5) is 26.9. The van der Waals surface area contributed by atoms with Crippen LogP contribution in [-0.2, 0) is 11.0 Å². The molecule has 0 aromatic heterocycles. The molecule has 9 heteroatoms. The quantitative estimate of drug-likeness (QED) is 0.510. The number of para-hydroxylation sites is 1. The fraction of sp³-hybridized carbons (Fsp3) is 0.381. The van der Waals surface area contributed by atoms with E-state index in [4.69, 9.17) is 0 Å². The molecule has 1 amide bonds. The van der Waals surface area contributed by atoms with Gasteiger partial charge in [0.05, 0.1) is 10.5 Å². The Labute approximate surface area is 172 Å². The monoisotopic (exact) mass is 421 g/mol. The summed E-state index contributed by atoms with van der Waals surface area (Å²) >= 11 is 0. The lowest BCUT2D eigenvalue weighted by Crippen LogP contribution is -2.43. The van der Waals surface area contributed by atoms with E-state index in [0.29, 0.717) is 38.5 Å². The number of halogens is 3. The van der Waals surface area contributed by atoms with E-state index in [0.717, 1.165) is 17.8 Å². The number of rotatable bonds is 5. The van der Waals surface area contributed by atoms with Crippen LogP contribution in [0.1, 0.15) is 25.3 Å². The number of amides is 1. The van der Waals surface area contributed by atoms with Crippen LogP contribution in [0.15, 0.2) is 48.5 Å². The maximum atomic E-state index is 13.0. The van der Waals surface area contributed by atoms with Gasteiger partial charge in [-0.25, -0.2) is 0 Å². The molecule has 6 nitrogen and oxygen atoms in total. The van der Waals surface area contributed by atoms with Gasteiger partial charge in [0.15, 0.2) is 0 Å². The molecule has 3 rings (SSSR count). The first-order valence-corrected chi connectivity index (χ1v) is 9.69. The van der Waals surface area contributed by atoms with E-state index in [1.807, 2.05) is 37.3 Å². The first-order valence-electron chi connectivity index (χ1n) is 9.69. The van der Waals surface area contributed by atoms with Crippen LogP contribution in [0.2, 0.25) is 0 Å². The van der Waals surface area contributed by atoms with Crippen molar-refractivity contribution in [3.63, 3.8) is 0 Å². The third-order valence-corrected chi connectivity index (χ3v) is 5.33. The maximum absolute atomic E-state index is 13.0. The van der Waals surface area contributed by atoms with Crippen LogP contribution in [0.3, 0.4) is 0 Å². The van der Waals surface area contributed by atoms with Gasteiger partial charge in [-0.3, -0.25) is 14.9 Å². The van der Waals surface area contributed by atoms with Gasteiger partial charge < -0.3 is 9.80 Å². The molecule has 0 bridgehead atoms. The minimum absolute atomic E-state index is 0.00901. The summed E-state index contributed by atoms with van der Waals surface area (Å²) in [6, 6.07) is 11.9. The molecule has 0 unspecified atom stereocenters.